The van der Waals surface area contributed by atoms with Crippen LogP contribution in [0.2, 0.25) is 0 Å². The lowest BCUT2D eigenvalue weighted by Crippen LogP contribution is -2.37. The van der Waals surface area contributed by atoms with Crippen molar-refractivity contribution in [2.24, 2.45) is 0 Å². The van der Waals surface area contributed by atoms with Gasteiger partial charge in [-0.25, -0.2) is 9.97 Å². The third kappa shape index (κ3) is 3.99. The van der Waals surface area contributed by atoms with E-state index in [0.717, 1.165) is 63.4 Å². The van der Waals surface area contributed by atoms with Crippen molar-refractivity contribution in [3.8, 4) is 0 Å². The van der Waals surface area contributed by atoms with Crippen molar-refractivity contribution >= 4 is 11.7 Å². The summed E-state index contributed by atoms with van der Waals surface area (Å²) in [6.45, 7) is 3.21. The fraction of sp³-hybridized carbons (Fsp3) is 0.526. The van der Waals surface area contributed by atoms with E-state index in [-0.39, 0.29) is 17.4 Å². The van der Waals surface area contributed by atoms with E-state index in [1.165, 1.54) is 12.7 Å². The molecule has 2 saturated heterocycles. The summed E-state index contributed by atoms with van der Waals surface area (Å²) in [7, 11) is 0. The number of carbonyl (C=O) groups is 1. The molecule has 0 bridgehead atoms. The number of nitrogens with one attached hydrogen (secondary N) is 1. The van der Waals surface area contributed by atoms with Crippen LogP contribution in [0, 0.1) is 0 Å². The van der Waals surface area contributed by atoms with E-state index in [2.05, 4.69) is 24.8 Å². The van der Waals surface area contributed by atoms with Crippen molar-refractivity contribution in [1.29, 1.82) is 0 Å². The quantitative estimate of drug-likeness (QED) is 0.884. The first-order valence-electron chi connectivity index (χ1n) is 9.61. The minimum Gasteiger partial charge on any atom is -0.355 e. The summed E-state index contributed by atoms with van der Waals surface area (Å²) in [4.78, 5) is 43.9. The molecule has 2 aromatic rings. The molecule has 1 N–H and O–H groups in total. The number of H-pyrrole nitrogens is 1. The molecule has 0 aliphatic carbocycles. The van der Waals surface area contributed by atoms with E-state index in [1.807, 2.05) is 4.90 Å². The van der Waals surface area contributed by atoms with Crippen LogP contribution in [0.5, 0.6) is 0 Å². The Morgan fingerprint density at radius 3 is 2.59 bits per heavy atom. The van der Waals surface area contributed by atoms with Gasteiger partial charge < -0.3 is 14.8 Å². The molecule has 2 aromatic heterocycles. The Kier molecular flexibility index (Phi) is 5.13. The summed E-state index contributed by atoms with van der Waals surface area (Å²) in [6, 6.07) is 1.58. The van der Waals surface area contributed by atoms with E-state index in [0.29, 0.717) is 5.69 Å². The Morgan fingerprint density at radius 2 is 1.85 bits per heavy atom. The molecule has 0 radical (unpaired) electrons. The van der Waals surface area contributed by atoms with Gasteiger partial charge in [0.25, 0.3) is 11.5 Å². The maximum Gasteiger partial charge on any atom is 0.274 e. The number of amides is 1. The summed E-state index contributed by atoms with van der Waals surface area (Å²) >= 11 is 0. The molecule has 0 spiro atoms. The number of likely N-dealkylation sites (tertiary alicyclic amines) is 1. The summed E-state index contributed by atoms with van der Waals surface area (Å²) < 4.78 is 0. The molecule has 0 atom stereocenters. The molecule has 142 valence electrons. The zero-order valence-electron chi connectivity index (χ0n) is 15.3. The van der Waals surface area contributed by atoms with Crippen LogP contribution < -0.4 is 10.5 Å². The van der Waals surface area contributed by atoms with E-state index in [9.17, 15) is 9.59 Å². The Balaban J connectivity index is 1.42. The average molecular weight is 368 g/mol. The second-order valence-corrected chi connectivity index (χ2v) is 7.21. The predicted molar refractivity (Wildman–Crippen MR) is 101 cm³/mol. The molecule has 2 aliphatic rings. The van der Waals surface area contributed by atoms with Gasteiger partial charge >= 0.3 is 0 Å². The fourth-order valence-corrected chi connectivity index (χ4v) is 3.88. The third-order valence-electron chi connectivity index (χ3n) is 5.42. The minimum absolute atomic E-state index is 0.0216. The molecular formula is C19H24N6O2. The first kappa shape index (κ1) is 17.6. The lowest BCUT2D eigenvalue weighted by molar-refractivity contribution is 0.0718. The molecule has 0 aromatic carbocycles. The Hall–Kier alpha value is -2.77. The molecule has 27 heavy (non-hydrogen) atoms. The summed E-state index contributed by atoms with van der Waals surface area (Å²) in [5.41, 5.74) is 1.16. The first-order chi connectivity index (χ1) is 13.2. The molecule has 8 heteroatoms. The van der Waals surface area contributed by atoms with Gasteiger partial charge in [-0.15, -0.1) is 0 Å². The van der Waals surface area contributed by atoms with Crippen LogP contribution in [0.15, 0.2) is 29.6 Å². The Bertz CT molecular complexity index is 853. The van der Waals surface area contributed by atoms with E-state index < -0.39 is 0 Å². The van der Waals surface area contributed by atoms with Gasteiger partial charge in [-0.2, -0.15) is 0 Å². The molecule has 0 unspecified atom stereocenters. The number of nitrogens with zero attached hydrogens (tertiary/aromatic N) is 5. The highest BCUT2D eigenvalue weighted by molar-refractivity contribution is 5.92. The van der Waals surface area contributed by atoms with Crippen molar-refractivity contribution in [1.82, 2.24) is 24.8 Å². The first-order valence-corrected chi connectivity index (χ1v) is 9.61. The monoisotopic (exact) mass is 368 g/mol. The third-order valence-corrected chi connectivity index (χ3v) is 5.42. The van der Waals surface area contributed by atoms with Gasteiger partial charge in [-0.1, -0.05) is 0 Å². The number of aromatic amines is 1. The zero-order valence-corrected chi connectivity index (χ0v) is 15.3. The second-order valence-electron chi connectivity index (χ2n) is 7.21. The van der Waals surface area contributed by atoms with Gasteiger partial charge in [-0.3, -0.25) is 14.6 Å². The van der Waals surface area contributed by atoms with E-state index in [1.54, 1.807) is 18.5 Å². The van der Waals surface area contributed by atoms with Crippen molar-refractivity contribution in [3.63, 3.8) is 0 Å². The number of hydrogen-bond donors (Lipinski definition) is 1. The normalized spacial score (nSPS) is 18.5. The molecular weight excluding hydrogens is 344 g/mol. The maximum absolute atomic E-state index is 12.7. The lowest BCUT2D eigenvalue weighted by atomic mass is 9.93. The van der Waals surface area contributed by atoms with Gasteiger partial charge in [0.05, 0.1) is 24.4 Å². The highest BCUT2D eigenvalue weighted by atomic mass is 16.2. The van der Waals surface area contributed by atoms with Crippen LogP contribution in [-0.4, -0.2) is 56.9 Å². The molecule has 2 fully saturated rings. The Labute approximate surface area is 157 Å². The van der Waals surface area contributed by atoms with Crippen LogP contribution in [0.25, 0.3) is 0 Å². The summed E-state index contributed by atoms with van der Waals surface area (Å²) in [5.74, 6) is 0.997. The number of rotatable bonds is 3. The van der Waals surface area contributed by atoms with Gasteiger partial charge in [0.1, 0.15) is 11.5 Å². The second kappa shape index (κ2) is 7.85. The number of anilines is 1. The smallest absolute Gasteiger partial charge is 0.274 e. The number of piperidine rings is 2. The van der Waals surface area contributed by atoms with Crippen LogP contribution in [-0.2, 0) is 0 Å². The topological polar surface area (TPSA) is 95.1 Å². The molecule has 4 rings (SSSR count). The van der Waals surface area contributed by atoms with E-state index >= 15 is 0 Å². The van der Waals surface area contributed by atoms with Gasteiger partial charge in [0.2, 0.25) is 0 Å². The summed E-state index contributed by atoms with van der Waals surface area (Å²) in [6.07, 6.45) is 9.83. The van der Waals surface area contributed by atoms with Crippen LogP contribution in [0.4, 0.5) is 5.82 Å². The zero-order chi connectivity index (χ0) is 18.6. The number of carbonyl (C=O) groups excluding carboxylic acids is 1. The fourth-order valence-electron chi connectivity index (χ4n) is 3.88. The van der Waals surface area contributed by atoms with Crippen molar-refractivity contribution < 1.29 is 4.79 Å². The van der Waals surface area contributed by atoms with E-state index in [4.69, 9.17) is 0 Å². The summed E-state index contributed by atoms with van der Waals surface area (Å²) in [5, 5.41) is 0. The molecule has 0 saturated carbocycles. The van der Waals surface area contributed by atoms with Gasteiger partial charge in [0, 0.05) is 38.2 Å². The number of aromatic nitrogens is 4. The molecule has 4 heterocycles. The van der Waals surface area contributed by atoms with Gasteiger partial charge in [0.15, 0.2) is 0 Å². The predicted octanol–water partition coefficient (Wildman–Crippen LogP) is 1.57. The largest absolute Gasteiger partial charge is 0.355 e. The highest BCUT2D eigenvalue weighted by Gasteiger charge is 2.24. The SMILES string of the molecule is O=C(c1cncc(N2CCC(c3cc(=O)[nH]cn3)CC2)n1)N1CCCCC1. The van der Waals surface area contributed by atoms with Crippen molar-refractivity contribution in [3.05, 3.63) is 46.5 Å². The van der Waals surface area contributed by atoms with Crippen molar-refractivity contribution in [2.75, 3.05) is 31.1 Å². The van der Waals surface area contributed by atoms with Crippen LogP contribution >= 0.6 is 0 Å². The highest BCUT2D eigenvalue weighted by Crippen LogP contribution is 2.28. The molecule has 2 aliphatic heterocycles. The number of hydrogen-bond acceptors (Lipinski definition) is 6. The average Bonchev–Trinajstić information content (AvgIpc) is 2.74. The minimum atomic E-state index is -0.114. The van der Waals surface area contributed by atoms with Crippen LogP contribution in [0.1, 0.15) is 54.2 Å². The Morgan fingerprint density at radius 1 is 1.07 bits per heavy atom. The standard InChI is InChI=1S/C19H24N6O2/c26-18-10-15(21-13-22-18)14-4-8-24(9-5-14)17-12-20-11-16(23-17)19(27)25-6-2-1-3-7-25/h10-14H,1-9H2,(H,21,22,26). The van der Waals surface area contributed by atoms with Gasteiger partial charge in [-0.05, 0) is 32.1 Å². The van der Waals surface area contributed by atoms with Crippen LogP contribution in [0.3, 0.4) is 0 Å². The molecule has 1 amide bonds. The van der Waals surface area contributed by atoms with Crippen molar-refractivity contribution in [2.45, 2.75) is 38.0 Å². The lowest BCUT2D eigenvalue weighted by Gasteiger charge is -2.32. The molecule has 8 nitrogen and oxygen atoms in total. The maximum atomic E-state index is 12.7.